The number of rotatable bonds is 5. The first kappa shape index (κ1) is 27.9. The summed E-state index contributed by atoms with van der Waals surface area (Å²) in [5.41, 5.74) is 7.04. The van der Waals surface area contributed by atoms with Gasteiger partial charge in [0.25, 0.3) is 0 Å². The molecular weight excluding hydrogens is 545 g/mol. The van der Waals surface area contributed by atoms with E-state index in [0.717, 1.165) is 31.3 Å². The number of nitrogens with two attached hydrogens (primary N) is 1. The minimum Gasteiger partial charge on any atom is -0.496 e. The molecule has 4 aromatic rings. The molecule has 1 atom stereocenters. The zero-order valence-corrected chi connectivity index (χ0v) is 21.7. The third kappa shape index (κ3) is 6.22. The number of aromatic nitrogens is 4. The van der Waals surface area contributed by atoms with E-state index in [9.17, 15) is 22.0 Å². The lowest BCUT2D eigenvalue weighted by atomic mass is 10.0. The van der Waals surface area contributed by atoms with Crippen LogP contribution in [0.15, 0.2) is 55.0 Å². The molecule has 0 aliphatic carbocycles. The Hall–Kier alpha value is -4.70. The van der Waals surface area contributed by atoms with E-state index >= 15 is 0 Å². The first-order chi connectivity index (χ1) is 19.6. The Morgan fingerprint density at radius 3 is 2.63 bits per heavy atom. The molecule has 212 valence electrons. The van der Waals surface area contributed by atoms with Crippen molar-refractivity contribution in [2.75, 3.05) is 30.4 Å². The second kappa shape index (κ2) is 11.4. The van der Waals surface area contributed by atoms with Crippen molar-refractivity contribution in [1.29, 1.82) is 0 Å². The number of halogens is 5. The Labute approximate surface area is 232 Å². The topological polar surface area (TPSA) is 94.1 Å². The molecule has 0 spiro atoms. The molecule has 13 heteroatoms. The van der Waals surface area contributed by atoms with E-state index in [0.29, 0.717) is 30.2 Å². The molecule has 3 aromatic heterocycles. The van der Waals surface area contributed by atoms with Crippen molar-refractivity contribution in [3.8, 4) is 28.8 Å². The van der Waals surface area contributed by atoms with Crippen LogP contribution in [0.4, 0.5) is 39.3 Å². The Kier molecular flexibility index (Phi) is 7.76. The number of alkyl halides is 3. The number of piperidine rings is 1. The van der Waals surface area contributed by atoms with Gasteiger partial charge in [-0.1, -0.05) is 17.9 Å². The van der Waals surface area contributed by atoms with Crippen LogP contribution in [-0.4, -0.2) is 46.0 Å². The third-order valence-corrected chi connectivity index (χ3v) is 6.40. The maximum Gasteiger partial charge on any atom is 0.504 e. The summed E-state index contributed by atoms with van der Waals surface area (Å²) < 4.78 is 73.2. The zero-order valence-electron chi connectivity index (χ0n) is 21.7. The Bertz CT molecular complexity index is 1630. The highest BCUT2D eigenvalue weighted by Gasteiger charge is 2.31. The quantitative estimate of drug-likeness (QED) is 0.253. The standard InChI is InChI=1S/C28H24F5N7O/c1-41-23-6-2-5-20(29)26(23)27-21(30)9-10-24(38-27)37-25-12-22(39-11-3-4-19(34)16-39)18(14-35-25)8-7-17-13-36-40(15-17)28(31,32)33/h2,5-6,9-10,12-15,19H,3-4,11,16,34H2,1H3,(H,35,37,38)/t19-/m0/s1. The molecule has 1 fully saturated rings. The molecule has 3 N–H and O–H groups in total. The van der Waals surface area contributed by atoms with Gasteiger partial charge in [-0.3, -0.25) is 0 Å². The Morgan fingerprint density at radius 2 is 1.90 bits per heavy atom. The molecule has 1 aromatic carbocycles. The van der Waals surface area contributed by atoms with E-state index in [1.165, 1.54) is 37.6 Å². The molecule has 0 saturated carbocycles. The second-order valence-corrected chi connectivity index (χ2v) is 9.30. The molecule has 0 amide bonds. The Morgan fingerprint density at radius 1 is 1.07 bits per heavy atom. The molecule has 1 saturated heterocycles. The number of hydrogen-bond donors (Lipinski definition) is 2. The number of hydrogen-bond acceptors (Lipinski definition) is 7. The summed E-state index contributed by atoms with van der Waals surface area (Å²) in [6, 6.07) is 8.31. The van der Waals surface area contributed by atoms with Gasteiger partial charge in [-0.05, 0) is 37.1 Å². The normalized spacial score (nSPS) is 15.3. The summed E-state index contributed by atoms with van der Waals surface area (Å²) in [7, 11) is 1.35. The van der Waals surface area contributed by atoms with Gasteiger partial charge in [-0.15, -0.1) is 13.2 Å². The number of ether oxygens (including phenoxy) is 1. The lowest BCUT2D eigenvalue weighted by Crippen LogP contribution is -2.43. The van der Waals surface area contributed by atoms with Gasteiger partial charge >= 0.3 is 6.30 Å². The average molecular weight is 570 g/mol. The van der Waals surface area contributed by atoms with Gasteiger partial charge in [-0.25, -0.2) is 18.7 Å². The fraction of sp³-hybridized carbons (Fsp3) is 0.250. The third-order valence-electron chi connectivity index (χ3n) is 6.40. The first-order valence-corrected chi connectivity index (χ1v) is 12.5. The predicted octanol–water partition coefficient (Wildman–Crippen LogP) is 5.17. The average Bonchev–Trinajstić information content (AvgIpc) is 3.43. The molecule has 4 heterocycles. The Balaban J connectivity index is 1.49. The number of nitrogens with one attached hydrogen (secondary N) is 1. The largest absolute Gasteiger partial charge is 0.504 e. The van der Waals surface area contributed by atoms with Crippen molar-refractivity contribution >= 4 is 17.3 Å². The van der Waals surface area contributed by atoms with Gasteiger partial charge < -0.3 is 20.7 Å². The van der Waals surface area contributed by atoms with Gasteiger partial charge in [-0.2, -0.15) is 9.78 Å². The van der Waals surface area contributed by atoms with Crippen LogP contribution in [0.5, 0.6) is 5.75 Å². The van der Waals surface area contributed by atoms with Crippen LogP contribution < -0.4 is 20.7 Å². The molecular formula is C28H24F5N7O. The molecule has 0 unspecified atom stereocenters. The predicted molar refractivity (Wildman–Crippen MR) is 143 cm³/mol. The molecule has 0 radical (unpaired) electrons. The van der Waals surface area contributed by atoms with Crippen LogP contribution in [0.1, 0.15) is 24.0 Å². The molecule has 8 nitrogen and oxygen atoms in total. The van der Waals surface area contributed by atoms with Crippen LogP contribution in [0.3, 0.4) is 0 Å². The molecule has 1 aliphatic heterocycles. The van der Waals surface area contributed by atoms with Gasteiger partial charge in [0.1, 0.15) is 34.7 Å². The highest BCUT2D eigenvalue weighted by Crippen LogP contribution is 2.34. The van der Waals surface area contributed by atoms with E-state index in [-0.39, 0.29) is 39.1 Å². The van der Waals surface area contributed by atoms with Crippen molar-refractivity contribution in [2.45, 2.75) is 25.2 Å². The van der Waals surface area contributed by atoms with Gasteiger partial charge in [0, 0.05) is 37.6 Å². The van der Waals surface area contributed by atoms with Crippen LogP contribution >= 0.6 is 0 Å². The lowest BCUT2D eigenvalue weighted by Gasteiger charge is -2.33. The van der Waals surface area contributed by atoms with E-state index in [4.69, 9.17) is 10.5 Å². The SMILES string of the molecule is COc1cccc(F)c1-c1nc(Nc2cc(N3CCC[C@H](N)C3)c(C#Cc3cnn(C(F)(F)F)c3)cn2)ccc1F. The molecule has 5 rings (SSSR count). The lowest BCUT2D eigenvalue weighted by molar-refractivity contribution is -0.212. The number of methoxy groups -OCH3 is 1. The molecule has 0 bridgehead atoms. The monoisotopic (exact) mass is 569 g/mol. The van der Waals surface area contributed by atoms with Crippen LogP contribution in [0, 0.1) is 23.5 Å². The fourth-order valence-corrected chi connectivity index (χ4v) is 4.49. The summed E-state index contributed by atoms with van der Waals surface area (Å²) >= 11 is 0. The zero-order chi connectivity index (χ0) is 29.1. The van der Waals surface area contributed by atoms with E-state index < -0.39 is 17.9 Å². The van der Waals surface area contributed by atoms with E-state index in [2.05, 4.69) is 32.2 Å². The van der Waals surface area contributed by atoms with Gasteiger partial charge in [0.2, 0.25) is 0 Å². The van der Waals surface area contributed by atoms with Crippen molar-refractivity contribution in [2.24, 2.45) is 5.73 Å². The van der Waals surface area contributed by atoms with Crippen LogP contribution in [0.2, 0.25) is 0 Å². The minimum absolute atomic E-state index is 0.0729. The summed E-state index contributed by atoms with van der Waals surface area (Å²) in [4.78, 5) is 10.7. The summed E-state index contributed by atoms with van der Waals surface area (Å²) in [5.74, 6) is 4.81. The number of benzene rings is 1. The van der Waals surface area contributed by atoms with Crippen LogP contribution in [0.25, 0.3) is 11.3 Å². The smallest absolute Gasteiger partial charge is 0.496 e. The summed E-state index contributed by atoms with van der Waals surface area (Å²) in [5, 5.41) is 6.32. The maximum absolute atomic E-state index is 14.7. The summed E-state index contributed by atoms with van der Waals surface area (Å²) in [6.07, 6.45) is 0.355. The first-order valence-electron chi connectivity index (χ1n) is 12.5. The van der Waals surface area contributed by atoms with E-state index in [1.54, 1.807) is 6.07 Å². The number of nitrogens with zero attached hydrogens (tertiary/aromatic N) is 5. The minimum atomic E-state index is -4.64. The van der Waals surface area contributed by atoms with Gasteiger partial charge in [0.15, 0.2) is 0 Å². The highest BCUT2D eigenvalue weighted by atomic mass is 19.4. The fourth-order valence-electron chi connectivity index (χ4n) is 4.49. The highest BCUT2D eigenvalue weighted by molar-refractivity contribution is 5.72. The van der Waals surface area contributed by atoms with Crippen molar-refractivity contribution in [1.82, 2.24) is 19.7 Å². The van der Waals surface area contributed by atoms with Crippen molar-refractivity contribution < 1.29 is 26.7 Å². The van der Waals surface area contributed by atoms with Crippen LogP contribution in [-0.2, 0) is 6.30 Å². The summed E-state index contributed by atoms with van der Waals surface area (Å²) in [6.45, 7) is 1.22. The number of pyridine rings is 2. The van der Waals surface area contributed by atoms with Crippen molar-refractivity contribution in [3.63, 3.8) is 0 Å². The van der Waals surface area contributed by atoms with E-state index in [1.807, 2.05) is 4.90 Å². The molecule has 41 heavy (non-hydrogen) atoms. The second-order valence-electron chi connectivity index (χ2n) is 9.30. The number of anilines is 3. The molecule has 1 aliphatic rings. The maximum atomic E-state index is 14.7. The van der Waals surface area contributed by atoms with Gasteiger partial charge in [0.05, 0.1) is 35.7 Å². The van der Waals surface area contributed by atoms with Crippen molar-refractivity contribution in [3.05, 3.63) is 77.8 Å².